The second kappa shape index (κ2) is 5.23. The van der Waals surface area contributed by atoms with Crippen molar-refractivity contribution in [2.45, 2.75) is 19.9 Å². The smallest absolute Gasteiger partial charge is 0.272 e. The van der Waals surface area contributed by atoms with Gasteiger partial charge in [-0.3, -0.25) is 15.0 Å². The number of aromatic amines is 1. The Kier molecular flexibility index (Phi) is 3.16. The second-order valence-corrected chi connectivity index (χ2v) is 6.10. The Bertz CT molecular complexity index is 956. The van der Waals surface area contributed by atoms with E-state index in [1.807, 2.05) is 55.5 Å². The van der Waals surface area contributed by atoms with Gasteiger partial charge in [-0.2, -0.15) is 0 Å². The maximum atomic E-state index is 12.6. The van der Waals surface area contributed by atoms with Gasteiger partial charge in [-0.25, -0.2) is 5.01 Å². The average molecular weight is 319 g/mol. The Labute approximate surface area is 139 Å². The average Bonchev–Trinajstić information content (AvgIpc) is 2.95. The zero-order chi connectivity index (χ0) is 16.8. The lowest BCUT2D eigenvalue weighted by Crippen LogP contribution is -2.51. The Hall–Kier alpha value is -3.08. The summed E-state index contributed by atoms with van der Waals surface area (Å²) < 4.78 is 0. The first-order valence-corrected chi connectivity index (χ1v) is 7.84. The van der Waals surface area contributed by atoms with Gasteiger partial charge < -0.3 is 4.98 Å². The number of rotatable bonds is 1. The van der Waals surface area contributed by atoms with Gasteiger partial charge in [0, 0.05) is 17.8 Å². The number of para-hydroxylation sites is 1. The van der Waals surface area contributed by atoms with Crippen molar-refractivity contribution in [3.63, 3.8) is 0 Å². The highest BCUT2D eigenvalue weighted by molar-refractivity contribution is 6.09. The van der Waals surface area contributed by atoms with E-state index >= 15 is 0 Å². The number of amides is 2. The van der Waals surface area contributed by atoms with E-state index in [9.17, 15) is 9.59 Å². The van der Waals surface area contributed by atoms with Crippen LogP contribution in [0.25, 0.3) is 10.9 Å². The van der Waals surface area contributed by atoms with E-state index in [0.717, 1.165) is 27.7 Å². The van der Waals surface area contributed by atoms with E-state index in [4.69, 9.17) is 0 Å². The van der Waals surface area contributed by atoms with Crippen LogP contribution in [0.15, 0.2) is 48.5 Å². The molecule has 24 heavy (non-hydrogen) atoms. The number of fused-ring (bicyclic) bond motifs is 3. The molecule has 2 aromatic carbocycles. The highest BCUT2D eigenvalue weighted by Gasteiger charge is 2.37. The molecule has 1 aromatic heterocycles. The summed E-state index contributed by atoms with van der Waals surface area (Å²) in [4.78, 5) is 28.0. The molecule has 0 spiro atoms. The molecule has 2 amide bonds. The first-order valence-electron chi connectivity index (χ1n) is 7.84. The third-order valence-corrected chi connectivity index (χ3v) is 4.45. The van der Waals surface area contributed by atoms with Gasteiger partial charge in [-0.1, -0.05) is 48.0 Å². The summed E-state index contributed by atoms with van der Waals surface area (Å²) in [5.41, 5.74) is 7.07. The minimum Gasteiger partial charge on any atom is -0.356 e. The summed E-state index contributed by atoms with van der Waals surface area (Å²) in [6.07, 6.45) is 0. The number of carbonyl (C=O) groups is 2. The van der Waals surface area contributed by atoms with Gasteiger partial charge in [-0.15, -0.1) is 0 Å². The quantitative estimate of drug-likeness (QED) is 0.724. The van der Waals surface area contributed by atoms with E-state index in [1.54, 1.807) is 0 Å². The summed E-state index contributed by atoms with van der Waals surface area (Å²) in [6.45, 7) is 3.47. The molecular formula is C19H17N3O2. The molecule has 5 nitrogen and oxygen atoms in total. The monoisotopic (exact) mass is 319 g/mol. The van der Waals surface area contributed by atoms with Crippen LogP contribution in [0.2, 0.25) is 0 Å². The molecule has 0 radical (unpaired) electrons. The Morgan fingerprint density at radius 1 is 1.08 bits per heavy atom. The number of aromatic nitrogens is 1. The predicted octanol–water partition coefficient (Wildman–Crippen LogP) is 3.07. The number of hydrogen-bond donors (Lipinski definition) is 2. The standard InChI is InChI=1S/C19H17N3O2/c1-11-7-9-13(10-8-11)18-17-16(19(24)21-22(18)12(2)23)14-5-3-4-6-15(14)20-17/h3-10,18,20H,1-2H3,(H,21,24). The van der Waals surface area contributed by atoms with Gasteiger partial charge in [0.2, 0.25) is 5.91 Å². The normalized spacial score (nSPS) is 16.8. The van der Waals surface area contributed by atoms with Crippen LogP contribution >= 0.6 is 0 Å². The molecule has 1 atom stereocenters. The number of aryl methyl sites for hydroxylation is 1. The SMILES string of the molecule is CC(=O)N1NC(=O)c2c([nH]c3ccccc23)C1c1ccc(C)cc1. The highest BCUT2D eigenvalue weighted by Crippen LogP contribution is 2.36. The number of H-pyrrole nitrogens is 1. The van der Waals surface area contributed by atoms with Gasteiger partial charge in [0.1, 0.15) is 6.04 Å². The number of carbonyl (C=O) groups excluding carboxylic acids is 2. The predicted molar refractivity (Wildman–Crippen MR) is 91.3 cm³/mol. The van der Waals surface area contributed by atoms with Crippen molar-refractivity contribution in [2.24, 2.45) is 0 Å². The van der Waals surface area contributed by atoms with E-state index in [0.29, 0.717) is 5.56 Å². The van der Waals surface area contributed by atoms with Crippen LogP contribution < -0.4 is 5.43 Å². The van der Waals surface area contributed by atoms with Crippen LogP contribution in [-0.2, 0) is 4.79 Å². The highest BCUT2D eigenvalue weighted by atomic mass is 16.2. The third-order valence-electron chi connectivity index (χ3n) is 4.45. The molecule has 4 rings (SSSR count). The summed E-state index contributed by atoms with van der Waals surface area (Å²) in [6, 6.07) is 15.3. The van der Waals surface area contributed by atoms with Crippen LogP contribution in [-0.4, -0.2) is 21.8 Å². The Balaban J connectivity index is 1.98. The molecule has 0 saturated heterocycles. The van der Waals surface area contributed by atoms with Gasteiger partial charge in [0.15, 0.2) is 0 Å². The molecule has 3 aromatic rings. The van der Waals surface area contributed by atoms with Crippen LogP contribution in [0.1, 0.15) is 40.1 Å². The van der Waals surface area contributed by atoms with Crippen LogP contribution in [0.5, 0.6) is 0 Å². The molecule has 2 N–H and O–H groups in total. The van der Waals surface area contributed by atoms with Gasteiger partial charge in [-0.05, 0) is 18.6 Å². The second-order valence-electron chi connectivity index (χ2n) is 6.10. The number of hydrazine groups is 1. The summed E-state index contributed by atoms with van der Waals surface area (Å²) in [7, 11) is 0. The first-order chi connectivity index (χ1) is 11.6. The fourth-order valence-electron chi connectivity index (χ4n) is 3.30. The lowest BCUT2D eigenvalue weighted by Gasteiger charge is -2.35. The van der Waals surface area contributed by atoms with Crippen molar-refractivity contribution in [3.05, 3.63) is 70.9 Å². The number of benzene rings is 2. The van der Waals surface area contributed by atoms with Gasteiger partial charge in [0.05, 0.1) is 11.3 Å². The largest absolute Gasteiger partial charge is 0.356 e. The van der Waals surface area contributed by atoms with Crippen molar-refractivity contribution in [2.75, 3.05) is 0 Å². The Morgan fingerprint density at radius 2 is 1.79 bits per heavy atom. The van der Waals surface area contributed by atoms with Crippen molar-refractivity contribution in [1.82, 2.24) is 15.4 Å². The van der Waals surface area contributed by atoms with Gasteiger partial charge in [0.25, 0.3) is 5.91 Å². The topological polar surface area (TPSA) is 65.2 Å². The Morgan fingerprint density at radius 3 is 2.50 bits per heavy atom. The third kappa shape index (κ3) is 2.09. The summed E-state index contributed by atoms with van der Waals surface area (Å²) in [5, 5.41) is 2.26. The number of nitrogens with one attached hydrogen (secondary N) is 2. The van der Waals surface area contributed by atoms with E-state index in [2.05, 4.69) is 10.4 Å². The van der Waals surface area contributed by atoms with Crippen molar-refractivity contribution in [1.29, 1.82) is 0 Å². The minimum atomic E-state index is -0.372. The van der Waals surface area contributed by atoms with E-state index in [1.165, 1.54) is 11.9 Å². The zero-order valence-electron chi connectivity index (χ0n) is 13.5. The molecule has 0 saturated carbocycles. The molecule has 5 heteroatoms. The molecule has 1 unspecified atom stereocenters. The van der Waals surface area contributed by atoms with E-state index < -0.39 is 0 Å². The molecule has 2 heterocycles. The fraction of sp³-hybridized carbons (Fsp3) is 0.158. The lowest BCUT2D eigenvalue weighted by molar-refractivity contribution is -0.133. The number of hydrogen-bond acceptors (Lipinski definition) is 2. The fourth-order valence-corrected chi connectivity index (χ4v) is 3.30. The molecular weight excluding hydrogens is 302 g/mol. The van der Waals surface area contributed by atoms with Crippen molar-refractivity contribution < 1.29 is 9.59 Å². The van der Waals surface area contributed by atoms with Crippen LogP contribution in [0.4, 0.5) is 0 Å². The van der Waals surface area contributed by atoms with Crippen molar-refractivity contribution in [3.8, 4) is 0 Å². The lowest BCUT2D eigenvalue weighted by atomic mass is 9.96. The summed E-state index contributed by atoms with van der Waals surface area (Å²) in [5.74, 6) is -0.473. The molecule has 1 aliphatic rings. The maximum Gasteiger partial charge on any atom is 0.272 e. The maximum absolute atomic E-state index is 12.6. The summed E-state index contributed by atoms with van der Waals surface area (Å²) >= 11 is 0. The van der Waals surface area contributed by atoms with Gasteiger partial charge >= 0.3 is 0 Å². The molecule has 1 aliphatic heterocycles. The number of nitrogens with zero attached hydrogens (tertiary/aromatic N) is 1. The molecule has 120 valence electrons. The molecule has 0 aliphatic carbocycles. The molecule has 0 fully saturated rings. The first kappa shape index (κ1) is 14.5. The molecule has 0 bridgehead atoms. The van der Waals surface area contributed by atoms with Crippen LogP contribution in [0, 0.1) is 6.92 Å². The van der Waals surface area contributed by atoms with Crippen molar-refractivity contribution >= 4 is 22.7 Å². The van der Waals surface area contributed by atoms with E-state index in [-0.39, 0.29) is 17.9 Å². The zero-order valence-corrected chi connectivity index (χ0v) is 13.5. The van der Waals surface area contributed by atoms with Crippen LogP contribution in [0.3, 0.4) is 0 Å². The minimum absolute atomic E-state index is 0.210.